The fraction of sp³-hybridized carbons (Fsp3) is 0.529. The van der Waals surface area contributed by atoms with Gasteiger partial charge < -0.3 is 25.4 Å². The lowest BCUT2D eigenvalue weighted by Gasteiger charge is -2.19. The molecule has 2 rings (SSSR count). The zero-order chi connectivity index (χ0) is 17.5. The molecular weight excluding hydrogens is 435 g/mol. The SMILES string of the molecule is CCC(=O)N1CCC(NC(=NC)NCc2cc(OC)ccc2O)C1.I. The maximum atomic E-state index is 11.7. The average Bonchev–Trinajstić information content (AvgIpc) is 3.07. The second kappa shape index (κ2) is 10.3. The number of phenols is 1. The molecule has 1 aliphatic heterocycles. The molecule has 0 spiro atoms. The summed E-state index contributed by atoms with van der Waals surface area (Å²) in [6.07, 6.45) is 1.44. The Hall–Kier alpha value is -1.71. The number of amides is 1. The Morgan fingerprint density at radius 1 is 1.48 bits per heavy atom. The van der Waals surface area contributed by atoms with Crippen molar-refractivity contribution in [2.45, 2.75) is 32.4 Å². The van der Waals surface area contributed by atoms with Crippen LogP contribution in [-0.2, 0) is 11.3 Å². The fourth-order valence-corrected chi connectivity index (χ4v) is 2.73. The highest BCUT2D eigenvalue weighted by molar-refractivity contribution is 14.0. The van der Waals surface area contributed by atoms with E-state index in [1.807, 2.05) is 11.8 Å². The molecule has 3 N–H and O–H groups in total. The van der Waals surface area contributed by atoms with E-state index in [2.05, 4.69) is 15.6 Å². The van der Waals surface area contributed by atoms with Crippen molar-refractivity contribution in [1.82, 2.24) is 15.5 Å². The third-order valence-electron chi connectivity index (χ3n) is 4.14. The van der Waals surface area contributed by atoms with Crippen molar-refractivity contribution >= 4 is 35.8 Å². The minimum atomic E-state index is 0. The molecule has 7 nitrogen and oxygen atoms in total. The molecule has 0 saturated carbocycles. The van der Waals surface area contributed by atoms with Crippen LogP contribution in [-0.4, -0.2) is 55.2 Å². The smallest absolute Gasteiger partial charge is 0.222 e. The Bertz CT molecular complexity index is 610. The maximum Gasteiger partial charge on any atom is 0.222 e. The first-order valence-corrected chi connectivity index (χ1v) is 8.18. The van der Waals surface area contributed by atoms with Crippen molar-refractivity contribution in [1.29, 1.82) is 0 Å². The van der Waals surface area contributed by atoms with Crippen molar-refractivity contribution < 1.29 is 14.6 Å². The molecule has 1 atom stereocenters. The van der Waals surface area contributed by atoms with E-state index in [1.54, 1.807) is 32.4 Å². The zero-order valence-electron chi connectivity index (χ0n) is 14.9. The molecule has 1 aliphatic rings. The van der Waals surface area contributed by atoms with E-state index >= 15 is 0 Å². The molecule has 1 unspecified atom stereocenters. The number of carbonyl (C=O) groups is 1. The van der Waals surface area contributed by atoms with Gasteiger partial charge in [-0.1, -0.05) is 6.92 Å². The number of methoxy groups -OCH3 is 1. The van der Waals surface area contributed by atoms with Crippen LogP contribution in [0.25, 0.3) is 0 Å². The highest BCUT2D eigenvalue weighted by atomic mass is 127. The first kappa shape index (κ1) is 21.3. The lowest BCUT2D eigenvalue weighted by atomic mass is 10.2. The number of guanidine groups is 1. The monoisotopic (exact) mass is 462 g/mol. The highest BCUT2D eigenvalue weighted by Crippen LogP contribution is 2.22. The molecule has 1 aromatic rings. The molecule has 140 valence electrons. The lowest BCUT2D eigenvalue weighted by molar-refractivity contribution is -0.129. The van der Waals surface area contributed by atoms with E-state index in [9.17, 15) is 9.90 Å². The number of aliphatic imine (C=N–C) groups is 1. The van der Waals surface area contributed by atoms with E-state index in [1.165, 1.54) is 0 Å². The van der Waals surface area contributed by atoms with Crippen LogP contribution < -0.4 is 15.4 Å². The number of benzene rings is 1. The largest absolute Gasteiger partial charge is 0.508 e. The summed E-state index contributed by atoms with van der Waals surface area (Å²) in [5.41, 5.74) is 0.728. The topological polar surface area (TPSA) is 86.2 Å². The molecule has 1 fully saturated rings. The van der Waals surface area contributed by atoms with Crippen LogP contribution in [0.15, 0.2) is 23.2 Å². The molecule has 0 radical (unpaired) electrons. The predicted octanol–water partition coefficient (Wildman–Crippen LogP) is 1.69. The molecule has 1 heterocycles. The Labute approximate surface area is 165 Å². The summed E-state index contributed by atoms with van der Waals surface area (Å²) in [7, 11) is 3.29. The van der Waals surface area contributed by atoms with Gasteiger partial charge in [-0.15, -0.1) is 24.0 Å². The number of ether oxygens (including phenoxy) is 1. The van der Waals surface area contributed by atoms with Gasteiger partial charge in [-0.25, -0.2) is 0 Å². The molecule has 1 amide bonds. The third-order valence-corrected chi connectivity index (χ3v) is 4.14. The van der Waals surface area contributed by atoms with E-state index in [-0.39, 0.29) is 41.7 Å². The molecule has 1 aromatic carbocycles. The summed E-state index contributed by atoms with van der Waals surface area (Å²) in [6, 6.07) is 5.29. The average molecular weight is 462 g/mol. The van der Waals surface area contributed by atoms with E-state index in [0.29, 0.717) is 31.2 Å². The molecule has 0 aliphatic carbocycles. The van der Waals surface area contributed by atoms with Gasteiger partial charge in [0, 0.05) is 44.7 Å². The van der Waals surface area contributed by atoms with Crippen LogP contribution in [0, 0.1) is 0 Å². The molecule has 25 heavy (non-hydrogen) atoms. The number of rotatable bonds is 5. The predicted molar refractivity (Wildman–Crippen MR) is 109 cm³/mol. The Balaban J connectivity index is 0.00000312. The molecular formula is C17H27IN4O3. The number of nitrogens with zero attached hydrogens (tertiary/aromatic N) is 2. The summed E-state index contributed by atoms with van der Waals surface area (Å²) in [5.74, 6) is 1.73. The summed E-state index contributed by atoms with van der Waals surface area (Å²) in [4.78, 5) is 17.8. The lowest BCUT2D eigenvalue weighted by Crippen LogP contribution is -2.44. The van der Waals surface area contributed by atoms with Gasteiger partial charge >= 0.3 is 0 Å². The van der Waals surface area contributed by atoms with Crippen LogP contribution >= 0.6 is 24.0 Å². The van der Waals surface area contributed by atoms with Gasteiger partial charge in [0.15, 0.2) is 5.96 Å². The van der Waals surface area contributed by atoms with Crippen LogP contribution in [0.2, 0.25) is 0 Å². The van der Waals surface area contributed by atoms with Crippen molar-refractivity contribution in [3.05, 3.63) is 23.8 Å². The van der Waals surface area contributed by atoms with Crippen LogP contribution in [0.1, 0.15) is 25.3 Å². The Morgan fingerprint density at radius 3 is 2.88 bits per heavy atom. The standard InChI is InChI=1S/C17H26N4O3.HI/c1-4-16(23)21-8-7-13(11-21)20-17(18-2)19-10-12-9-14(24-3)5-6-15(12)22;/h5-6,9,13,22H,4,7-8,10-11H2,1-3H3,(H2,18,19,20);1H. The van der Waals surface area contributed by atoms with Crippen LogP contribution in [0.4, 0.5) is 0 Å². The van der Waals surface area contributed by atoms with E-state index < -0.39 is 0 Å². The van der Waals surface area contributed by atoms with E-state index in [0.717, 1.165) is 18.5 Å². The number of hydrogen-bond acceptors (Lipinski definition) is 4. The number of carbonyl (C=O) groups excluding carboxylic acids is 1. The van der Waals surface area contributed by atoms with Gasteiger partial charge in [0.2, 0.25) is 5.91 Å². The molecule has 8 heteroatoms. The molecule has 0 aromatic heterocycles. The number of phenolic OH excluding ortho intramolecular Hbond substituents is 1. The summed E-state index contributed by atoms with van der Waals surface area (Å²) >= 11 is 0. The Kier molecular flexibility index (Phi) is 8.81. The first-order chi connectivity index (χ1) is 11.6. The second-order valence-electron chi connectivity index (χ2n) is 5.74. The van der Waals surface area contributed by atoms with Gasteiger partial charge in [0.25, 0.3) is 0 Å². The number of aromatic hydroxyl groups is 1. The zero-order valence-corrected chi connectivity index (χ0v) is 17.2. The quantitative estimate of drug-likeness (QED) is 0.353. The molecule has 0 bridgehead atoms. The summed E-state index contributed by atoms with van der Waals surface area (Å²) in [5, 5.41) is 16.4. The number of likely N-dealkylation sites (tertiary alicyclic amines) is 1. The van der Waals surface area contributed by atoms with Gasteiger partial charge in [-0.2, -0.15) is 0 Å². The van der Waals surface area contributed by atoms with Gasteiger partial charge in [-0.05, 0) is 24.6 Å². The van der Waals surface area contributed by atoms with Gasteiger partial charge in [-0.3, -0.25) is 9.79 Å². The second-order valence-corrected chi connectivity index (χ2v) is 5.74. The Morgan fingerprint density at radius 2 is 2.24 bits per heavy atom. The minimum Gasteiger partial charge on any atom is -0.508 e. The maximum absolute atomic E-state index is 11.7. The van der Waals surface area contributed by atoms with E-state index in [4.69, 9.17) is 4.74 Å². The summed E-state index contributed by atoms with van der Waals surface area (Å²) < 4.78 is 5.17. The van der Waals surface area contributed by atoms with Crippen molar-refractivity contribution in [3.8, 4) is 11.5 Å². The number of halogens is 1. The van der Waals surface area contributed by atoms with Crippen LogP contribution in [0.3, 0.4) is 0 Å². The first-order valence-electron chi connectivity index (χ1n) is 8.18. The van der Waals surface area contributed by atoms with Crippen molar-refractivity contribution in [3.63, 3.8) is 0 Å². The fourth-order valence-electron chi connectivity index (χ4n) is 2.73. The number of hydrogen-bond donors (Lipinski definition) is 3. The molecule has 1 saturated heterocycles. The normalized spacial score (nSPS) is 17.0. The summed E-state index contributed by atoms with van der Waals surface area (Å²) in [6.45, 7) is 3.77. The highest BCUT2D eigenvalue weighted by Gasteiger charge is 2.25. The van der Waals surface area contributed by atoms with Crippen LogP contribution in [0.5, 0.6) is 11.5 Å². The van der Waals surface area contributed by atoms with Crippen molar-refractivity contribution in [2.24, 2.45) is 4.99 Å². The van der Waals surface area contributed by atoms with Crippen molar-refractivity contribution in [2.75, 3.05) is 27.2 Å². The third kappa shape index (κ3) is 5.94. The van der Waals surface area contributed by atoms with Gasteiger partial charge in [0.1, 0.15) is 11.5 Å². The minimum absolute atomic E-state index is 0. The number of nitrogens with one attached hydrogen (secondary N) is 2. The van der Waals surface area contributed by atoms with Gasteiger partial charge in [0.05, 0.1) is 7.11 Å².